The Hall–Kier alpha value is -1.55. The first-order valence-electron chi connectivity index (χ1n) is 4.62. The van der Waals surface area contributed by atoms with Crippen LogP contribution in [0.5, 0.6) is 0 Å². The molecule has 0 saturated carbocycles. The van der Waals surface area contributed by atoms with E-state index in [1.807, 2.05) is 11.3 Å². The maximum absolute atomic E-state index is 11.1. The van der Waals surface area contributed by atoms with E-state index in [1.165, 1.54) is 0 Å². The first-order chi connectivity index (χ1) is 6.72. The second kappa shape index (κ2) is 3.31. The van der Waals surface area contributed by atoms with Crippen LogP contribution >= 0.6 is 0 Å². The summed E-state index contributed by atoms with van der Waals surface area (Å²) in [4.78, 5) is 14.3. The lowest BCUT2D eigenvalue weighted by molar-refractivity contribution is 0.920. The van der Waals surface area contributed by atoms with E-state index in [0.717, 1.165) is 23.5 Å². The van der Waals surface area contributed by atoms with E-state index < -0.39 is 0 Å². The van der Waals surface area contributed by atoms with E-state index in [9.17, 15) is 4.79 Å². The lowest BCUT2D eigenvalue weighted by atomic mass is 10.2. The van der Waals surface area contributed by atoms with Crippen molar-refractivity contribution >= 4 is 5.65 Å². The summed E-state index contributed by atoms with van der Waals surface area (Å²) in [6.45, 7) is 2.62. The average molecular weight is 191 g/mol. The van der Waals surface area contributed by atoms with Crippen LogP contribution in [0.15, 0.2) is 23.1 Å². The highest BCUT2D eigenvalue weighted by molar-refractivity contribution is 5.42. The van der Waals surface area contributed by atoms with Gasteiger partial charge in [0.25, 0.3) is 0 Å². The zero-order valence-electron chi connectivity index (χ0n) is 8.08. The maximum Gasteiger partial charge on any atom is 0.183 e. The topological polar surface area (TPSA) is 63.3 Å². The van der Waals surface area contributed by atoms with Gasteiger partial charge in [0.2, 0.25) is 0 Å². The van der Waals surface area contributed by atoms with Crippen LogP contribution in [0.25, 0.3) is 5.65 Å². The fraction of sp³-hybridized carbons (Fsp3) is 0.300. The second-order valence-corrected chi connectivity index (χ2v) is 3.35. The smallest absolute Gasteiger partial charge is 0.183 e. The predicted octanol–water partition coefficient (Wildman–Crippen LogP) is 0.437. The molecule has 14 heavy (non-hydrogen) atoms. The third-order valence-corrected chi connectivity index (χ3v) is 2.40. The van der Waals surface area contributed by atoms with Crippen molar-refractivity contribution in [2.45, 2.75) is 13.3 Å². The largest absolute Gasteiger partial charge is 0.343 e. The number of nitrogens with one attached hydrogen (secondary N) is 1. The highest BCUT2D eigenvalue weighted by Gasteiger charge is 2.04. The molecule has 0 aliphatic rings. The fourth-order valence-corrected chi connectivity index (χ4v) is 1.65. The van der Waals surface area contributed by atoms with Gasteiger partial charge in [-0.05, 0) is 13.5 Å². The summed E-state index contributed by atoms with van der Waals surface area (Å²) < 4.78 is 1.96. The highest BCUT2D eigenvalue weighted by Crippen LogP contribution is 2.09. The summed E-state index contributed by atoms with van der Waals surface area (Å²) in [5.41, 5.74) is 8.55. The summed E-state index contributed by atoms with van der Waals surface area (Å²) in [5.74, 6) is 0. The minimum absolute atomic E-state index is 0.0190. The van der Waals surface area contributed by atoms with Crippen molar-refractivity contribution in [2.24, 2.45) is 5.73 Å². The first-order valence-corrected chi connectivity index (χ1v) is 4.62. The Bertz CT molecular complexity index is 510. The lowest BCUT2D eigenvalue weighted by Crippen LogP contribution is -2.04. The van der Waals surface area contributed by atoms with Gasteiger partial charge in [0.05, 0.1) is 0 Å². The van der Waals surface area contributed by atoms with E-state index in [4.69, 9.17) is 5.73 Å². The Morgan fingerprint density at radius 3 is 3.07 bits per heavy atom. The molecule has 3 N–H and O–H groups in total. The number of imidazole rings is 1. The molecule has 4 heteroatoms. The van der Waals surface area contributed by atoms with Crippen molar-refractivity contribution in [3.63, 3.8) is 0 Å². The van der Waals surface area contributed by atoms with Crippen LogP contribution in [-0.4, -0.2) is 15.9 Å². The van der Waals surface area contributed by atoms with Crippen LogP contribution in [0, 0.1) is 6.92 Å². The van der Waals surface area contributed by atoms with Crippen molar-refractivity contribution in [3.05, 3.63) is 39.9 Å². The van der Waals surface area contributed by atoms with E-state index in [2.05, 4.69) is 4.98 Å². The van der Waals surface area contributed by atoms with Crippen molar-refractivity contribution in [1.82, 2.24) is 9.38 Å². The summed E-state index contributed by atoms with van der Waals surface area (Å²) in [6.07, 6.45) is 2.59. The number of aryl methyl sites for hydroxylation is 1. The van der Waals surface area contributed by atoms with Crippen LogP contribution in [-0.2, 0) is 6.42 Å². The SMILES string of the molecule is Cc1c(CCN)[nH]c2cc(=O)ccn12. The molecule has 0 aromatic carbocycles. The summed E-state index contributed by atoms with van der Waals surface area (Å²) >= 11 is 0. The average Bonchev–Trinajstić information content (AvgIpc) is 2.44. The van der Waals surface area contributed by atoms with Crippen molar-refractivity contribution < 1.29 is 0 Å². The Morgan fingerprint density at radius 2 is 2.36 bits per heavy atom. The molecule has 2 aromatic rings. The number of hydrogen-bond acceptors (Lipinski definition) is 2. The van der Waals surface area contributed by atoms with Gasteiger partial charge in [-0.3, -0.25) is 4.79 Å². The Labute approximate surface area is 81.4 Å². The Balaban J connectivity index is 2.67. The molecule has 0 radical (unpaired) electrons. The number of aromatic amines is 1. The Morgan fingerprint density at radius 1 is 1.57 bits per heavy atom. The normalized spacial score (nSPS) is 11.0. The third-order valence-electron chi connectivity index (χ3n) is 2.40. The number of nitrogens with two attached hydrogens (primary N) is 1. The number of hydrogen-bond donors (Lipinski definition) is 2. The van der Waals surface area contributed by atoms with Gasteiger partial charge in [-0.2, -0.15) is 0 Å². The molecule has 2 aromatic heterocycles. The van der Waals surface area contributed by atoms with E-state index in [0.29, 0.717) is 6.54 Å². The van der Waals surface area contributed by atoms with Gasteiger partial charge >= 0.3 is 0 Å². The van der Waals surface area contributed by atoms with Crippen LogP contribution in [0.1, 0.15) is 11.4 Å². The molecule has 0 fully saturated rings. The van der Waals surface area contributed by atoms with Crippen LogP contribution in [0.4, 0.5) is 0 Å². The summed E-state index contributed by atoms with van der Waals surface area (Å²) in [5, 5.41) is 0. The van der Waals surface area contributed by atoms with Gasteiger partial charge in [-0.25, -0.2) is 0 Å². The van der Waals surface area contributed by atoms with E-state index in [1.54, 1.807) is 18.3 Å². The lowest BCUT2D eigenvalue weighted by Gasteiger charge is -1.96. The van der Waals surface area contributed by atoms with E-state index >= 15 is 0 Å². The standard InChI is InChI=1S/C10H13N3O/c1-7-9(2-4-11)12-10-6-8(14)3-5-13(7)10/h3,5-6,12H,2,4,11H2,1H3. The number of aromatic nitrogens is 2. The minimum Gasteiger partial charge on any atom is -0.343 e. The van der Waals surface area contributed by atoms with Gasteiger partial charge in [-0.15, -0.1) is 0 Å². The molecule has 0 aliphatic heterocycles. The first kappa shape index (κ1) is 9.02. The minimum atomic E-state index is 0.0190. The Kier molecular flexibility index (Phi) is 2.13. The number of fused-ring (bicyclic) bond motifs is 1. The quantitative estimate of drug-likeness (QED) is 0.723. The van der Waals surface area contributed by atoms with Crippen molar-refractivity contribution in [3.8, 4) is 0 Å². The van der Waals surface area contributed by atoms with Gasteiger partial charge in [0.1, 0.15) is 5.65 Å². The molecule has 0 bridgehead atoms. The van der Waals surface area contributed by atoms with Gasteiger partial charge < -0.3 is 15.1 Å². The predicted molar refractivity (Wildman–Crippen MR) is 55.5 cm³/mol. The van der Waals surface area contributed by atoms with E-state index in [-0.39, 0.29) is 5.43 Å². The van der Waals surface area contributed by atoms with Gasteiger partial charge in [-0.1, -0.05) is 0 Å². The number of pyridine rings is 1. The van der Waals surface area contributed by atoms with Crippen LogP contribution in [0.2, 0.25) is 0 Å². The molecule has 0 aliphatic carbocycles. The molecule has 4 nitrogen and oxygen atoms in total. The number of nitrogens with zero attached hydrogens (tertiary/aromatic N) is 1. The zero-order chi connectivity index (χ0) is 10.1. The zero-order valence-corrected chi connectivity index (χ0v) is 8.08. The summed E-state index contributed by atoms with van der Waals surface area (Å²) in [6, 6.07) is 3.15. The molecule has 0 spiro atoms. The molecule has 0 amide bonds. The highest BCUT2D eigenvalue weighted by atomic mass is 16.1. The molecule has 0 saturated heterocycles. The van der Waals surface area contributed by atoms with Crippen molar-refractivity contribution in [1.29, 1.82) is 0 Å². The molecular formula is C10H13N3O. The number of rotatable bonds is 2. The van der Waals surface area contributed by atoms with Crippen LogP contribution in [0.3, 0.4) is 0 Å². The van der Waals surface area contributed by atoms with Crippen LogP contribution < -0.4 is 11.2 Å². The fourth-order valence-electron chi connectivity index (χ4n) is 1.65. The molecule has 2 rings (SSSR count). The van der Waals surface area contributed by atoms with Gasteiger partial charge in [0, 0.05) is 36.1 Å². The molecule has 0 atom stereocenters. The monoisotopic (exact) mass is 191 g/mol. The third kappa shape index (κ3) is 1.33. The molecular weight excluding hydrogens is 178 g/mol. The van der Waals surface area contributed by atoms with Gasteiger partial charge in [0.15, 0.2) is 5.43 Å². The maximum atomic E-state index is 11.1. The molecule has 0 unspecified atom stereocenters. The number of H-pyrrole nitrogens is 1. The van der Waals surface area contributed by atoms with Crippen molar-refractivity contribution in [2.75, 3.05) is 6.54 Å². The second-order valence-electron chi connectivity index (χ2n) is 3.35. The summed E-state index contributed by atoms with van der Waals surface area (Å²) in [7, 11) is 0. The molecule has 2 heterocycles. The molecule has 74 valence electrons.